The molecular formula is C22H25ClN2O. The first-order chi connectivity index (χ1) is 12.4. The Morgan fingerprint density at radius 2 is 1.88 bits per heavy atom. The fraction of sp³-hybridized carbons (Fsp3) is 0.364. The van der Waals surface area contributed by atoms with Gasteiger partial charge in [-0.2, -0.15) is 0 Å². The van der Waals surface area contributed by atoms with Crippen LogP contribution in [0.3, 0.4) is 0 Å². The largest absolute Gasteiger partial charge is 0.491 e. The van der Waals surface area contributed by atoms with Crippen molar-refractivity contribution in [3.8, 4) is 17.0 Å². The highest BCUT2D eigenvalue weighted by atomic mass is 35.5. The molecule has 4 heteroatoms. The summed E-state index contributed by atoms with van der Waals surface area (Å²) >= 11 is 6.17. The van der Waals surface area contributed by atoms with Crippen molar-refractivity contribution in [3.63, 3.8) is 0 Å². The molecule has 0 aliphatic heterocycles. The van der Waals surface area contributed by atoms with E-state index in [4.69, 9.17) is 16.3 Å². The highest BCUT2D eigenvalue weighted by Crippen LogP contribution is 2.30. The summed E-state index contributed by atoms with van der Waals surface area (Å²) in [6.07, 6.45) is 4.79. The molecule has 0 saturated heterocycles. The Morgan fingerprint density at radius 1 is 1.08 bits per heavy atom. The van der Waals surface area contributed by atoms with Crippen LogP contribution in [-0.2, 0) is 0 Å². The van der Waals surface area contributed by atoms with Crippen LogP contribution < -0.4 is 4.74 Å². The van der Waals surface area contributed by atoms with Crippen LogP contribution in [0.25, 0.3) is 22.2 Å². The van der Waals surface area contributed by atoms with Gasteiger partial charge in [-0.05, 0) is 61.1 Å². The fourth-order valence-electron chi connectivity index (χ4n) is 3.29. The summed E-state index contributed by atoms with van der Waals surface area (Å²) in [5, 5.41) is 1.70. The van der Waals surface area contributed by atoms with Gasteiger partial charge in [-0.1, -0.05) is 32.4 Å². The maximum Gasteiger partial charge on any atom is 0.140 e. The van der Waals surface area contributed by atoms with E-state index in [0.717, 1.165) is 39.9 Å². The van der Waals surface area contributed by atoms with Crippen LogP contribution in [0, 0.1) is 18.8 Å². The molecule has 136 valence electrons. The van der Waals surface area contributed by atoms with Crippen molar-refractivity contribution in [1.29, 1.82) is 0 Å². The number of aromatic nitrogens is 2. The molecule has 0 radical (unpaired) electrons. The number of aryl methyl sites for hydroxylation is 1. The molecule has 1 atom stereocenters. The molecule has 3 nitrogen and oxygen atoms in total. The number of rotatable bonds is 6. The zero-order chi connectivity index (χ0) is 18.7. The first-order valence-electron chi connectivity index (χ1n) is 9.08. The summed E-state index contributed by atoms with van der Waals surface area (Å²) in [5.74, 6) is 2.06. The van der Waals surface area contributed by atoms with Crippen molar-refractivity contribution >= 4 is 22.5 Å². The van der Waals surface area contributed by atoms with E-state index in [1.165, 1.54) is 0 Å². The van der Waals surface area contributed by atoms with Gasteiger partial charge in [0.05, 0.1) is 24.0 Å². The van der Waals surface area contributed by atoms with E-state index in [-0.39, 0.29) is 0 Å². The highest BCUT2D eigenvalue weighted by molar-refractivity contribution is 6.31. The fourth-order valence-corrected chi connectivity index (χ4v) is 3.46. The molecule has 2 heterocycles. The third-order valence-electron chi connectivity index (χ3n) is 4.44. The molecule has 0 fully saturated rings. The lowest BCUT2D eigenvalue weighted by atomic mass is 10.00. The van der Waals surface area contributed by atoms with Crippen molar-refractivity contribution in [2.75, 3.05) is 6.61 Å². The molecule has 3 aromatic rings. The Morgan fingerprint density at radius 3 is 2.62 bits per heavy atom. The van der Waals surface area contributed by atoms with Gasteiger partial charge in [0, 0.05) is 22.2 Å². The summed E-state index contributed by atoms with van der Waals surface area (Å²) in [7, 11) is 0. The molecule has 0 saturated carbocycles. The summed E-state index contributed by atoms with van der Waals surface area (Å²) < 4.78 is 6.00. The third-order valence-corrected chi connectivity index (χ3v) is 4.67. The van der Waals surface area contributed by atoms with E-state index in [0.29, 0.717) is 23.5 Å². The van der Waals surface area contributed by atoms with Gasteiger partial charge in [-0.25, -0.2) is 0 Å². The van der Waals surface area contributed by atoms with Gasteiger partial charge in [0.25, 0.3) is 0 Å². The van der Waals surface area contributed by atoms with E-state index in [1.807, 2.05) is 30.5 Å². The Bertz CT molecular complexity index is 908. The lowest BCUT2D eigenvalue weighted by molar-refractivity contribution is 0.237. The van der Waals surface area contributed by atoms with Gasteiger partial charge in [-0.15, -0.1) is 0 Å². The third kappa shape index (κ3) is 4.34. The highest BCUT2D eigenvalue weighted by Gasteiger charge is 2.11. The summed E-state index contributed by atoms with van der Waals surface area (Å²) in [6.45, 7) is 9.48. The molecule has 1 aromatic carbocycles. The number of ether oxygens (including phenoxy) is 1. The van der Waals surface area contributed by atoms with Gasteiger partial charge >= 0.3 is 0 Å². The average Bonchev–Trinajstić information content (AvgIpc) is 2.59. The van der Waals surface area contributed by atoms with Gasteiger partial charge in [-0.3, -0.25) is 9.97 Å². The van der Waals surface area contributed by atoms with Crippen LogP contribution >= 0.6 is 11.6 Å². The molecule has 0 amide bonds. The maximum atomic E-state index is 6.17. The maximum absolute atomic E-state index is 6.17. The van der Waals surface area contributed by atoms with Crippen molar-refractivity contribution in [2.24, 2.45) is 11.8 Å². The number of fused-ring (bicyclic) bond motifs is 1. The average molecular weight is 369 g/mol. The molecule has 0 bridgehead atoms. The normalized spacial score (nSPS) is 12.5. The zero-order valence-electron chi connectivity index (χ0n) is 15.8. The number of nitrogens with zero attached hydrogens (tertiary/aromatic N) is 2. The summed E-state index contributed by atoms with van der Waals surface area (Å²) in [5.41, 5.74) is 3.92. The smallest absolute Gasteiger partial charge is 0.140 e. The molecule has 26 heavy (non-hydrogen) atoms. The summed E-state index contributed by atoms with van der Waals surface area (Å²) in [6, 6.07) is 9.77. The second-order valence-corrected chi connectivity index (χ2v) is 7.84. The second kappa shape index (κ2) is 8.05. The van der Waals surface area contributed by atoms with Crippen LogP contribution in [0.1, 0.15) is 32.8 Å². The Labute approximate surface area is 160 Å². The molecule has 1 unspecified atom stereocenters. The van der Waals surface area contributed by atoms with Gasteiger partial charge in [0.15, 0.2) is 0 Å². The van der Waals surface area contributed by atoms with E-state index in [1.54, 1.807) is 6.20 Å². The van der Waals surface area contributed by atoms with Crippen LogP contribution in [0.4, 0.5) is 0 Å². The van der Waals surface area contributed by atoms with E-state index >= 15 is 0 Å². The molecule has 0 aliphatic rings. The minimum absolute atomic E-state index is 0.528. The van der Waals surface area contributed by atoms with Gasteiger partial charge < -0.3 is 4.74 Å². The van der Waals surface area contributed by atoms with E-state index in [9.17, 15) is 0 Å². The Kier molecular flexibility index (Phi) is 5.77. The first kappa shape index (κ1) is 18.7. The predicted molar refractivity (Wildman–Crippen MR) is 109 cm³/mol. The molecule has 0 spiro atoms. The number of hydrogen-bond acceptors (Lipinski definition) is 3. The second-order valence-electron chi connectivity index (χ2n) is 7.40. The lowest BCUT2D eigenvalue weighted by Gasteiger charge is -2.16. The van der Waals surface area contributed by atoms with Gasteiger partial charge in [0.2, 0.25) is 0 Å². The van der Waals surface area contributed by atoms with Crippen LogP contribution in [-0.4, -0.2) is 16.6 Å². The van der Waals surface area contributed by atoms with Crippen molar-refractivity contribution in [3.05, 3.63) is 53.3 Å². The quantitative estimate of drug-likeness (QED) is 0.510. The van der Waals surface area contributed by atoms with E-state index < -0.39 is 0 Å². The standard InChI is InChI=1S/C22H25ClN2O/c1-14(2)9-15(3)13-26-22-12-25-21(10-16(22)4)18-7-8-24-20-6-5-17(23)11-19(18)20/h5-8,10-12,14-15H,9,13H2,1-4H3. The number of benzene rings is 1. The zero-order valence-corrected chi connectivity index (χ0v) is 16.5. The first-order valence-corrected chi connectivity index (χ1v) is 9.46. The molecule has 0 aliphatic carbocycles. The molecule has 2 aromatic heterocycles. The topological polar surface area (TPSA) is 35.0 Å². The minimum atomic E-state index is 0.528. The van der Waals surface area contributed by atoms with Crippen molar-refractivity contribution in [1.82, 2.24) is 9.97 Å². The number of halogens is 1. The summed E-state index contributed by atoms with van der Waals surface area (Å²) in [4.78, 5) is 9.04. The van der Waals surface area contributed by atoms with Crippen molar-refractivity contribution < 1.29 is 4.74 Å². The molecular weight excluding hydrogens is 344 g/mol. The van der Waals surface area contributed by atoms with Gasteiger partial charge in [0.1, 0.15) is 5.75 Å². The monoisotopic (exact) mass is 368 g/mol. The SMILES string of the molecule is Cc1cc(-c2ccnc3ccc(Cl)cc23)ncc1OCC(C)CC(C)C. The van der Waals surface area contributed by atoms with Crippen LogP contribution in [0.2, 0.25) is 5.02 Å². The predicted octanol–water partition coefficient (Wildman–Crippen LogP) is 6.32. The minimum Gasteiger partial charge on any atom is -0.491 e. The Balaban J connectivity index is 1.85. The molecule has 0 N–H and O–H groups in total. The van der Waals surface area contributed by atoms with Crippen molar-refractivity contribution in [2.45, 2.75) is 34.1 Å². The van der Waals surface area contributed by atoms with E-state index in [2.05, 4.69) is 43.7 Å². The number of hydrogen-bond donors (Lipinski definition) is 0. The lowest BCUT2D eigenvalue weighted by Crippen LogP contribution is -2.11. The number of pyridine rings is 2. The van der Waals surface area contributed by atoms with Crippen LogP contribution in [0.5, 0.6) is 5.75 Å². The van der Waals surface area contributed by atoms with Crippen LogP contribution in [0.15, 0.2) is 42.7 Å². The Hall–Kier alpha value is -2.13. The molecule has 3 rings (SSSR count).